The molecule has 3 aromatic rings. The van der Waals surface area contributed by atoms with Gasteiger partial charge in [0.05, 0.1) is 5.71 Å². The van der Waals surface area contributed by atoms with Crippen molar-refractivity contribution in [3.8, 4) is 17.2 Å². The zero-order valence-electron chi connectivity index (χ0n) is 16.0. The fourth-order valence-corrected chi connectivity index (χ4v) is 3.66. The minimum Gasteiger partial charge on any atom is -0.508 e. The van der Waals surface area contributed by atoms with Gasteiger partial charge in [0.1, 0.15) is 11.3 Å². The molecule has 1 aromatic heterocycles. The standard InChI is InChI=1S/C22H23N3O3/c1-3-4-5-17-13(2)20(24-25-21(17)27)15-8-11-18-19(12-15)28-22(23-18)14-6-9-16(26)10-7-14/h6-13,17,26H,3-5H2,1-2H3,(H,25,27). The number of hydrogen-bond acceptors (Lipinski definition) is 5. The lowest BCUT2D eigenvalue weighted by Gasteiger charge is -2.28. The number of aromatic hydroxyl groups is 1. The molecule has 1 aliphatic heterocycles. The molecule has 2 N–H and O–H groups in total. The Morgan fingerprint density at radius 2 is 1.89 bits per heavy atom. The predicted octanol–water partition coefficient (Wildman–Crippen LogP) is 4.48. The first-order chi connectivity index (χ1) is 13.6. The number of phenolic OH excluding ortho intramolecular Hbond substituents is 1. The number of phenols is 1. The molecule has 1 amide bonds. The van der Waals surface area contributed by atoms with Gasteiger partial charge < -0.3 is 9.52 Å². The molecule has 6 heteroatoms. The third-order valence-corrected chi connectivity index (χ3v) is 5.33. The summed E-state index contributed by atoms with van der Waals surface area (Å²) in [5.74, 6) is 0.675. The lowest BCUT2D eigenvalue weighted by molar-refractivity contribution is -0.126. The van der Waals surface area contributed by atoms with E-state index in [1.165, 1.54) is 0 Å². The number of aromatic nitrogens is 1. The first-order valence-electron chi connectivity index (χ1n) is 9.64. The summed E-state index contributed by atoms with van der Waals surface area (Å²) in [6.07, 6.45) is 2.94. The van der Waals surface area contributed by atoms with Crippen LogP contribution in [0.5, 0.6) is 5.75 Å². The molecule has 2 atom stereocenters. The number of fused-ring (bicyclic) bond motifs is 1. The molecule has 0 saturated carbocycles. The highest BCUT2D eigenvalue weighted by Crippen LogP contribution is 2.30. The highest BCUT2D eigenvalue weighted by atomic mass is 16.3. The Hall–Kier alpha value is -3.15. The fraction of sp³-hybridized carbons (Fsp3) is 0.318. The summed E-state index contributed by atoms with van der Waals surface area (Å²) in [4.78, 5) is 16.7. The molecule has 0 radical (unpaired) electrons. The molecule has 0 fully saturated rings. The third kappa shape index (κ3) is 3.38. The Balaban J connectivity index is 1.66. The molecule has 0 saturated heterocycles. The van der Waals surface area contributed by atoms with Gasteiger partial charge in [0.15, 0.2) is 5.58 Å². The lowest BCUT2D eigenvalue weighted by Crippen LogP contribution is -2.41. The number of carbonyl (C=O) groups is 1. The minimum absolute atomic E-state index is 0.0000554. The number of nitrogens with one attached hydrogen (secondary N) is 1. The van der Waals surface area contributed by atoms with Gasteiger partial charge in [0.2, 0.25) is 11.8 Å². The largest absolute Gasteiger partial charge is 0.508 e. The maximum Gasteiger partial charge on any atom is 0.243 e. The van der Waals surface area contributed by atoms with E-state index in [0.717, 1.165) is 41.6 Å². The summed E-state index contributed by atoms with van der Waals surface area (Å²) < 4.78 is 5.94. The van der Waals surface area contributed by atoms with Crippen molar-refractivity contribution in [1.82, 2.24) is 10.4 Å². The second kappa shape index (κ2) is 7.46. The number of benzene rings is 2. The first-order valence-corrected chi connectivity index (χ1v) is 9.64. The lowest BCUT2D eigenvalue weighted by atomic mass is 9.82. The van der Waals surface area contributed by atoms with Crippen molar-refractivity contribution in [2.24, 2.45) is 16.9 Å². The summed E-state index contributed by atoms with van der Waals surface area (Å²) in [6, 6.07) is 12.5. The molecule has 0 bridgehead atoms. The van der Waals surface area contributed by atoms with E-state index in [1.54, 1.807) is 24.3 Å². The van der Waals surface area contributed by atoms with E-state index in [9.17, 15) is 9.90 Å². The fourth-order valence-electron chi connectivity index (χ4n) is 3.66. The van der Waals surface area contributed by atoms with Crippen LogP contribution >= 0.6 is 0 Å². The highest BCUT2D eigenvalue weighted by Gasteiger charge is 2.32. The van der Waals surface area contributed by atoms with Gasteiger partial charge >= 0.3 is 0 Å². The number of rotatable bonds is 5. The van der Waals surface area contributed by atoms with Crippen LogP contribution in [0.3, 0.4) is 0 Å². The van der Waals surface area contributed by atoms with Gasteiger partial charge in [-0.15, -0.1) is 0 Å². The number of hydrogen-bond donors (Lipinski definition) is 2. The van der Waals surface area contributed by atoms with Crippen LogP contribution in [0.25, 0.3) is 22.6 Å². The molecule has 1 aliphatic rings. The number of oxazole rings is 1. The van der Waals surface area contributed by atoms with Crippen molar-refractivity contribution in [1.29, 1.82) is 0 Å². The molecule has 28 heavy (non-hydrogen) atoms. The first kappa shape index (κ1) is 18.2. The van der Waals surface area contributed by atoms with Gasteiger partial charge in [-0.2, -0.15) is 5.10 Å². The van der Waals surface area contributed by atoms with Crippen LogP contribution < -0.4 is 5.43 Å². The van der Waals surface area contributed by atoms with Gasteiger partial charge in [-0.05, 0) is 42.8 Å². The van der Waals surface area contributed by atoms with E-state index >= 15 is 0 Å². The van der Waals surface area contributed by atoms with Crippen LogP contribution in [-0.4, -0.2) is 21.7 Å². The van der Waals surface area contributed by atoms with Crippen molar-refractivity contribution >= 4 is 22.7 Å². The normalized spacial score (nSPS) is 19.5. The molecule has 2 unspecified atom stereocenters. The SMILES string of the molecule is CCCCC1C(=O)NN=C(c2ccc3nc(-c4ccc(O)cc4)oc3c2)C1C. The maximum atomic E-state index is 12.2. The maximum absolute atomic E-state index is 12.2. The molecule has 6 nitrogen and oxygen atoms in total. The quantitative estimate of drug-likeness (QED) is 0.686. The van der Waals surface area contributed by atoms with E-state index in [2.05, 4.69) is 29.4 Å². The predicted molar refractivity (Wildman–Crippen MR) is 108 cm³/mol. The van der Waals surface area contributed by atoms with Crippen molar-refractivity contribution in [2.45, 2.75) is 33.1 Å². The number of hydrazone groups is 1. The number of unbranched alkanes of at least 4 members (excludes halogenated alkanes) is 1. The Morgan fingerprint density at radius 1 is 1.14 bits per heavy atom. The summed E-state index contributed by atoms with van der Waals surface area (Å²) in [7, 11) is 0. The molecule has 0 aliphatic carbocycles. The van der Waals surface area contributed by atoms with Crippen LogP contribution in [0, 0.1) is 11.8 Å². The number of nitrogens with zero attached hydrogens (tertiary/aromatic N) is 2. The molecule has 2 aromatic carbocycles. The highest BCUT2D eigenvalue weighted by molar-refractivity contribution is 6.07. The van der Waals surface area contributed by atoms with Crippen molar-refractivity contribution in [3.05, 3.63) is 48.0 Å². The molecule has 144 valence electrons. The van der Waals surface area contributed by atoms with E-state index in [-0.39, 0.29) is 23.5 Å². The molecular formula is C22H23N3O3. The second-order valence-electron chi connectivity index (χ2n) is 7.26. The molecule has 0 spiro atoms. The number of amides is 1. The van der Waals surface area contributed by atoms with Crippen molar-refractivity contribution in [2.75, 3.05) is 0 Å². The summed E-state index contributed by atoms with van der Waals surface area (Å²) in [6.45, 7) is 4.19. The molecular weight excluding hydrogens is 354 g/mol. The van der Waals surface area contributed by atoms with Crippen LogP contribution in [0.2, 0.25) is 0 Å². The zero-order valence-corrected chi connectivity index (χ0v) is 16.0. The third-order valence-electron chi connectivity index (χ3n) is 5.33. The van der Waals surface area contributed by atoms with Crippen LogP contribution in [0.1, 0.15) is 38.7 Å². The average Bonchev–Trinajstić information content (AvgIpc) is 3.12. The van der Waals surface area contributed by atoms with E-state index in [1.807, 2.05) is 18.2 Å². The second-order valence-corrected chi connectivity index (χ2v) is 7.26. The summed E-state index contributed by atoms with van der Waals surface area (Å²) >= 11 is 0. The van der Waals surface area contributed by atoms with E-state index < -0.39 is 0 Å². The Kier molecular flexibility index (Phi) is 4.86. The van der Waals surface area contributed by atoms with Crippen molar-refractivity contribution < 1.29 is 14.3 Å². The van der Waals surface area contributed by atoms with Gasteiger partial charge in [-0.25, -0.2) is 10.4 Å². The van der Waals surface area contributed by atoms with Gasteiger partial charge in [0.25, 0.3) is 0 Å². The smallest absolute Gasteiger partial charge is 0.243 e. The van der Waals surface area contributed by atoms with Gasteiger partial charge in [-0.1, -0.05) is 32.8 Å². The Labute approximate surface area is 163 Å². The monoisotopic (exact) mass is 377 g/mol. The topological polar surface area (TPSA) is 87.7 Å². The number of carbonyl (C=O) groups excluding carboxylic acids is 1. The Morgan fingerprint density at radius 3 is 2.64 bits per heavy atom. The van der Waals surface area contributed by atoms with E-state index in [4.69, 9.17) is 4.42 Å². The summed E-state index contributed by atoms with van der Waals surface area (Å²) in [5, 5.41) is 13.8. The minimum atomic E-state index is -0.0644. The van der Waals surface area contributed by atoms with Crippen LogP contribution in [-0.2, 0) is 4.79 Å². The zero-order chi connectivity index (χ0) is 19.7. The van der Waals surface area contributed by atoms with Crippen LogP contribution in [0.4, 0.5) is 0 Å². The summed E-state index contributed by atoms with van der Waals surface area (Å²) in [5.41, 5.74) is 6.69. The molecule has 4 rings (SSSR count). The van der Waals surface area contributed by atoms with Crippen molar-refractivity contribution in [3.63, 3.8) is 0 Å². The molecule has 2 heterocycles. The van der Waals surface area contributed by atoms with Crippen LogP contribution in [0.15, 0.2) is 52.0 Å². The van der Waals surface area contributed by atoms with Gasteiger partial charge in [-0.3, -0.25) is 4.79 Å². The van der Waals surface area contributed by atoms with Gasteiger partial charge in [0, 0.05) is 23.0 Å². The average molecular weight is 377 g/mol. The Bertz CT molecular complexity index is 1040. The van der Waals surface area contributed by atoms with E-state index in [0.29, 0.717) is 11.5 Å².